The first kappa shape index (κ1) is 26.9. The predicted octanol–water partition coefficient (Wildman–Crippen LogP) is 1.54. The van der Waals surface area contributed by atoms with E-state index in [1.54, 1.807) is 12.1 Å². The minimum absolute atomic E-state index is 0.0588. The fourth-order valence-corrected chi connectivity index (χ4v) is 3.26. The van der Waals surface area contributed by atoms with Gasteiger partial charge in [0.1, 0.15) is 11.8 Å². The van der Waals surface area contributed by atoms with Crippen LogP contribution in [0.3, 0.4) is 0 Å². The molecule has 0 aliphatic heterocycles. The molecule has 0 bridgehead atoms. The fourth-order valence-electron chi connectivity index (χ4n) is 3.26. The van der Waals surface area contributed by atoms with E-state index in [9.17, 15) is 19.5 Å². The second-order valence-corrected chi connectivity index (χ2v) is 7.80. The van der Waals surface area contributed by atoms with E-state index in [4.69, 9.17) is 11.1 Å². The molecule has 9 heteroatoms. The third kappa shape index (κ3) is 11.3. The van der Waals surface area contributed by atoms with Crippen molar-refractivity contribution in [1.82, 2.24) is 16.0 Å². The van der Waals surface area contributed by atoms with Crippen molar-refractivity contribution in [2.45, 2.75) is 70.4 Å². The Bertz CT molecular complexity index is 751. The molecule has 0 fully saturated rings. The summed E-state index contributed by atoms with van der Waals surface area (Å²) in [4.78, 5) is 37.4. The number of unbranched alkanes of at least 4 members (excludes halogenated alkanes) is 3. The minimum Gasteiger partial charge on any atom is -0.508 e. The Balaban J connectivity index is 2.83. The molecule has 0 spiro atoms. The quantitative estimate of drug-likeness (QED) is 0.136. The van der Waals surface area contributed by atoms with Crippen LogP contribution in [0.25, 0.3) is 0 Å². The van der Waals surface area contributed by atoms with Gasteiger partial charge in [0, 0.05) is 26.3 Å². The topological polar surface area (TPSA) is 157 Å². The standard InChI is InChI=1S/C23H36N5O4/c1-3-4-5-6-9-21(31)19(8-7-14-26-23(24)25)28-22(32)20(27-16(2)29)15-17-10-12-18(30)13-11-17/h10-13,19-20,30H,1,3-9,14-15H2,2H3,(H,27,29)(H,28,32)(H4,24,25,26)/t19-,20-/m0/s1. The van der Waals surface area contributed by atoms with E-state index in [2.05, 4.69) is 22.9 Å². The van der Waals surface area contributed by atoms with Gasteiger partial charge in [-0.3, -0.25) is 19.8 Å². The number of phenols is 1. The Labute approximate surface area is 190 Å². The highest BCUT2D eigenvalue weighted by molar-refractivity contribution is 5.92. The number of Topliss-reactive ketones (excluding diaryl/α,β-unsaturated/α-hetero) is 1. The zero-order valence-electron chi connectivity index (χ0n) is 18.8. The Morgan fingerprint density at radius 2 is 1.75 bits per heavy atom. The average molecular weight is 447 g/mol. The second kappa shape index (κ2) is 14.8. The first-order valence-electron chi connectivity index (χ1n) is 11.0. The van der Waals surface area contributed by atoms with Crippen LogP contribution in [-0.2, 0) is 20.8 Å². The van der Waals surface area contributed by atoms with Crippen LogP contribution in [0.2, 0.25) is 0 Å². The summed E-state index contributed by atoms with van der Waals surface area (Å²) in [6, 6.07) is 4.84. The smallest absolute Gasteiger partial charge is 0.243 e. The van der Waals surface area contributed by atoms with Crippen molar-refractivity contribution in [2.75, 3.05) is 6.54 Å². The molecule has 1 aromatic carbocycles. The highest BCUT2D eigenvalue weighted by atomic mass is 16.3. The van der Waals surface area contributed by atoms with Crippen molar-refractivity contribution in [3.05, 3.63) is 36.8 Å². The SMILES string of the molecule is [CH2]CCCCCC(=O)[C@H](CCCNC(=N)N)NC(=O)[C@H](Cc1ccc(O)cc1)NC(C)=O. The number of carbonyl (C=O) groups is 3. The van der Waals surface area contributed by atoms with Crippen LogP contribution in [0.4, 0.5) is 0 Å². The maximum atomic E-state index is 13.0. The number of hydrogen-bond donors (Lipinski definition) is 6. The van der Waals surface area contributed by atoms with Gasteiger partial charge in [-0.25, -0.2) is 0 Å². The van der Waals surface area contributed by atoms with E-state index in [0.29, 0.717) is 25.8 Å². The van der Waals surface area contributed by atoms with Gasteiger partial charge in [0.2, 0.25) is 11.8 Å². The van der Waals surface area contributed by atoms with Crippen molar-refractivity contribution in [2.24, 2.45) is 5.73 Å². The van der Waals surface area contributed by atoms with Gasteiger partial charge in [-0.2, -0.15) is 0 Å². The molecule has 2 amide bonds. The largest absolute Gasteiger partial charge is 0.508 e. The molecule has 177 valence electrons. The van der Waals surface area contributed by atoms with Gasteiger partial charge in [0.05, 0.1) is 6.04 Å². The first-order valence-corrected chi connectivity index (χ1v) is 11.0. The Morgan fingerprint density at radius 3 is 2.34 bits per heavy atom. The predicted molar refractivity (Wildman–Crippen MR) is 124 cm³/mol. The molecule has 0 saturated heterocycles. The van der Waals surface area contributed by atoms with E-state index in [0.717, 1.165) is 31.2 Å². The summed E-state index contributed by atoms with van der Waals surface area (Å²) in [5.74, 6) is -0.895. The van der Waals surface area contributed by atoms with Crippen molar-refractivity contribution in [3.63, 3.8) is 0 Å². The Kier molecular flexibility index (Phi) is 12.5. The number of phenolic OH excluding ortho intramolecular Hbond substituents is 1. The lowest BCUT2D eigenvalue weighted by atomic mass is 9.99. The number of aromatic hydroxyl groups is 1. The summed E-state index contributed by atoms with van der Waals surface area (Å²) in [6.07, 6.45) is 4.91. The van der Waals surface area contributed by atoms with Crippen molar-refractivity contribution in [1.29, 1.82) is 5.41 Å². The summed E-state index contributed by atoms with van der Waals surface area (Å²) < 4.78 is 0. The first-order chi connectivity index (χ1) is 15.2. The summed E-state index contributed by atoms with van der Waals surface area (Å²) >= 11 is 0. The molecule has 0 aliphatic carbocycles. The van der Waals surface area contributed by atoms with E-state index in [-0.39, 0.29) is 29.8 Å². The number of guanidine groups is 1. The molecule has 1 rings (SSSR count). The molecule has 0 unspecified atom stereocenters. The summed E-state index contributed by atoms with van der Waals surface area (Å²) in [6.45, 7) is 5.54. The number of amides is 2. The van der Waals surface area contributed by atoms with E-state index < -0.39 is 18.0 Å². The maximum absolute atomic E-state index is 13.0. The molecule has 7 N–H and O–H groups in total. The molecule has 2 atom stereocenters. The highest BCUT2D eigenvalue weighted by Gasteiger charge is 2.26. The van der Waals surface area contributed by atoms with Crippen LogP contribution in [0.5, 0.6) is 5.75 Å². The highest BCUT2D eigenvalue weighted by Crippen LogP contribution is 2.13. The van der Waals surface area contributed by atoms with Crippen molar-refractivity contribution in [3.8, 4) is 5.75 Å². The van der Waals surface area contributed by atoms with Crippen molar-refractivity contribution >= 4 is 23.6 Å². The molecule has 0 heterocycles. The number of nitrogens with one attached hydrogen (secondary N) is 4. The van der Waals surface area contributed by atoms with Gasteiger partial charge < -0.3 is 26.8 Å². The number of hydrogen-bond acceptors (Lipinski definition) is 5. The molecule has 9 nitrogen and oxygen atoms in total. The summed E-state index contributed by atoms with van der Waals surface area (Å²) in [5.41, 5.74) is 6.05. The molecule has 0 aromatic heterocycles. The third-order valence-corrected chi connectivity index (χ3v) is 4.93. The number of rotatable bonds is 15. The zero-order chi connectivity index (χ0) is 23.9. The molecular formula is C23H36N5O4. The van der Waals surface area contributed by atoms with Gasteiger partial charge in [-0.1, -0.05) is 38.3 Å². The van der Waals surface area contributed by atoms with Crippen LogP contribution in [0.15, 0.2) is 24.3 Å². The normalized spacial score (nSPS) is 12.4. The summed E-state index contributed by atoms with van der Waals surface area (Å²) in [7, 11) is 0. The second-order valence-electron chi connectivity index (χ2n) is 7.80. The van der Waals surface area contributed by atoms with Gasteiger partial charge >= 0.3 is 0 Å². The van der Waals surface area contributed by atoms with Crippen LogP contribution in [0, 0.1) is 12.3 Å². The van der Waals surface area contributed by atoms with Crippen molar-refractivity contribution < 1.29 is 19.5 Å². The zero-order valence-corrected chi connectivity index (χ0v) is 18.8. The molecular weight excluding hydrogens is 410 g/mol. The fraction of sp³-hybridized carbons (Fsp3) is 0.522. The third-order valence-electron chi connectivity index (χ3n) is 4.93. The monoisotopic (exact) mass is 446 g/mol. The van der Waals surface area contributed by atoms with E-state index in [1.165, 1.54) is 19.1 Å². The Hall–Kier alpha value is -3.10. The molecule has 1 aromatic rings. The number of nitrogens with two attached hydrogens (primary N) is 1. The van der Waals surface area contributed by atoms with Gasteiger partial charge in [-0.05, 0) is 37.0 Å². The van der Waals surface area contributed by atoms with E-state index >= 15 is 0 Å². The number of ketones is 1. The molecule has 1 radical (unpaired) electrons. The van der Waals surface area contributed by atoms with Crippen LogP contribution < -0.4 is 21.7 Å². The average Bonchev–Trinajstić information content (AvgIpc) is 2.73. The molecule has 0 saturated carbocycles. The lowest BCUT2D eigenvalue weighted by molar-refractivity contribution is -0.131. The maximum Gasteiger partial charge on any atom is 0.243 e. The number of carbonyl (C=O) groups excluding carboxylic acids is 3. The van der Waals surface area contributed by atoms with Gasteiger partial charge in [0.25, 0.3) is 0 Å². The minimum atomic E-state index is -0.853. The lowest BCUT2D eigenvalue weighted by Gasteiger charge is -2.23. The van der Waals surface area contributed by atoms with Crippen LogP contribution in [0.1, 0.15) is 57.4 Å². The number of benzene rings is 1. The molecule has 0 aliphatic rings. The van der Waals surface area contributed by atoms with Crippen LogP contribution >= 0.6 is 0 Å². The lowest BCUT2D eigenvalue weighted by Crippen LogP contribution is -2.52. The van der Waals surface area contributed by atoms with E-state index in [1.807, 2.05) is 0 Å². The summed E-state index contributed by atoms with van der Waals surface area (Å²) in [5, 5.41) is 24.8. The van der Waals surface area contributed by atoms with Gasteiger partial charge in [0.15, 0.2) is 11.7 Å². The van der Waals surface area contributed by atoms with Crippen LogP contribution in [-0.4, -0.2) is 47.3 Å². The Morgan fingerprint density at radius 1 is 1.06 bits per heavy atom. The van der Waals surface area contributed by atoms with Gasteiger partial charge in [-0.15, -0.1) is 0 Å². The molecule has 32 heavy (non-hydrogen) atoms.